The zero-order chi connectivity index (χ0) is 13.0. The van der Waals surface area contributed by atoms with Crippen LogP contribution >= 0.6 is 15.9 Å². The highest BCUT2D eigenvalue weighted by atomic mass is 79.9. The van der Waals surface area contributed by atoms with Crippen molar-refractivity contribution >= 4 is 27.7 Å². The number of carbonyl (C=O) groups excluding carboxylic acids is 1. The Kier molecular flexibility index (Phi) is 2.55. The average molecular weight is 313 g/mol. The van der Waals surface area contributed by atoms with Crippen molar-refractivity contribution in [2.45, 2.75) is 24.7 Å². The molecule has 1 atom stereocenters. The first-order chi connectivity index (χ1) is 8.49. The Morgan fingerprint density at radius 1 is 1.28 bits per heavy atom. The molecule has 2 bridgehead atoms. The van der Waals surface area contributed by atoms with E-state index in [0.29, 0.717) is 24.0 Å². The first-order valence-corrected chi connectivity index (χ1v) is 6.53. The van der Waals surface area contributed by atoms with Crippen molar-refractivity contribution in [1.29, 1.82) is 0 Å². The number of carbonyl (C=O) groups is 2. The molecule has 94 valence electrons. The molecule has 1 unspecified atom stereocenters. The summed E-state index contributed by atoms with van der Waals surface area (Å²) in [4.78, 5) is 23.4. The van der Waals surface area contributed by atoms with Gasteiger partial charge in [-0.3, -0.25) is 9.59 Å². The molecule has 0 amide bonds. The van der Waals surface area contributed by atoms with E-state index >= 15 is 0 Å². The van der Waals surface area contributed by atoms with Crippen LogP contribution < -0.4 is 0 Å². The molecule has 5 heteroatoms. The lowest BCUT2D eigenvalue weighted by molar-refractivity contribution is -0.144. The Balaban J connectivity index is 2.23. The standard InChI is InChI=1S/C13H10BrFO3/c14-9-3-8-7(4-10(9)15)5-1-6(2-5)12(16)11(8)13(17)18/h3-6,11H,1-2H2,(H,17,18). The molecule has 3 nitrogen and oxygen atoms in total. The molecule has 0 radical (unpaired) electrons. The Hall–Kier alpha value is -1.23. The van der Waals surface area contributed by atoms with Crippen LogP contribution in [-0.2, 0) is 9.59 Å². The number of carboxylic acid groups (broad SMARTS) is 1. The molecule has 1 saturated carbocycles. The summed E-state index contributed by atoms with van der Waals surface area (Å²) < 4.78 is 13.8. The normalized spacial score (nSPS) is 29.2. The molecular formula is C13H10BrFO3. The predicted molar refractivity (Wildman–Crippen MR) is 64.9 cm³/mol. The molecule has 0 aromatic heterocycles. The fourth-order valence-electron chi connectivity index (χ4n) is 2.93. The molecule has 0 spiro atoms. The summed E-state index contributed by atoms with van der Waals surface area (Å²) in [6.45, 7) is 0. The van der Waals surface area contributed by atoms with Gasteiger partial charge in [0.15, 0.2) is 5.78 Å². The molecule has 3 aliphatic rings. The van der Waals surface area contributed by atoms with E-state index in [2.05, 4.69) is 15.9 Å². The van der Waals surface area contributed by atoms with Crippen LogP contribution in [0.5, 0.6) is 0 Å². The van der Waals surface area contributed by atoms with E-state index in [1.165, 1.54) is 12.1 Å². The molecule has 4 rings (SSSR count). The van der Waals surface area contributed by atoms with Crippen LogP contribution in [-0.4, -0.2) is 16.9 Å². The van der Waals surface area contributed by atoms with Crippen molar-refractivity contribution in [3.05, 3.63) is 33.5 Å². The highest BCUT2D eigenvalue weighted by Gasteiger charge is 2.47. The minimum Gasteiger partial charge on any atom is -0.480 e. The first-order valence-electron chi connectivity index (χ1n) is 5.74. The van der Waals surface area contributed by atoms with Gasteiger partial charge < -0.3 is 5.11 Å². The van der Waals surface area contributed by atoms with E-state index < -0.39 is 17.7 Å². The van der Waals surface area contributed by atoms with Crippen LogP contribution in [0.3, 0.4) is 0 Å². The van der Waals surface area contributed by atoms with Gasteiger partial charge in [-0.1, -0.05) is 0 Å². The lowest BCUT2D eigenvalue weighted by Gasteiger charge is -2.32. The van der Waals surface area contributed by atoms with Crippen molar-refractivity contribution in [2.75, 3.05) is 0 Å². The Labute approximate surface area is 111 Å². The van der Waals surface area contributed by atoms with Crippen LogP contribution in [0.25, 0.3) is 0 Å². The average Bonchev–Trinajstić information content (AvgIpc) is 2.38. The third-order valence-electron chi connectivity index (χ3n) is 3.95. The number of benzene rings is 1. The van der Waals surface area contributed by atoms with Crippen LogP contribution in [0.1, 0.15) is 35.8 Å². The van der Waals surface area contributed by atoms with Gasteiger partial charge in [-0.15, -0.1) is 0 Å². The lowest BCUT2D eigenvalue weighted by atomic mass is 9.71. The van der Waals surface area contributed by atoms with Gasteiger partial charge in [0.1, 0.15) is 11.7 Å². The van der Waals surface area contributed by atoms with Gasteiger partial charge in [-0.2, -0.15) is 0 Å². The van der Waals surface area contributed by atoms with Crippen molar-refractivity contribution in [2.24, 2.45) is 5.92 Å². The summed E-state index contributed by atoms with van der Waals surface area (Å²) in [5.74, 6) is -2.99. The van der Waals surface area contributed by atoms with Gasteiger partial charge in [0.05, 0.1) is 4.47 Å². The third kappa shape index (κ3) is 1.53. The number of aliphatic carboxylic acids is 1. The second-order valence-electron chi connectivity index (χ2n) is 4.93. The van der Waals surface area contributed by atoms with E-state index in [0.717, 1.165) is 0 Å². The Bertz CT molecular complexity index is 564. The minimum atomic E-state index is -1.15. The molecule has 0 heterocycles. The SMILES string of the molecule is O=C(O)C1C(=O)C2CC(C2)c2cc(F)c(Br)cc21. The van der Waals surface area contributed by atoms with Crippen LogP contribution in [0.2, 0.25) is 0 Å². The van der Waals surface area contributed by atoms with E-state index in [1.807, 2.05) is 0 Å². The summed E-state index contributed by atoms with van der Waals surface area (Å²) >= 11 is 3.05. The molecule has 1 fully saturated rings. The fraction of sp³-hybridized carbons (Fsp3) is 0.385. The molecule has 0 saturated heterocycles. The largest absolute Gasteiger partial charge is 0.480 e. The summed E-state index contributed by atoms with van der Waals surface area (Å²) in [6, 6.07) is 2.82. The van der Waals surface area contributed by atoms with E-state index in [9.17, 15) is 19.1 Å². The maximum absolute atomic E-state index is 13.6. The second kappa shape index (κ2) is 3.88. The molecule has 1 aromatic carbocycles. The van der Waals surface area contributed by atoms with Crippen LogP contribution in [0, 0.1) is 11.7 Å². The maximum Gasteiger partial charge on any atom is 0.318 e. The number of carboxylic acids is 1. The highest BCUT2D eigenvalue weighted by Crippen LogP contribution is 2.50. The minimum absolute atomic E-state index is 0.126. The number of fused-ring (bicyclic) bond motifs is 1. The van der Waals surface area contributed by atoms with Gasteiger partial charge in [-0.25, -0.2) is 4.39 Å². The number of hydrogen-bond donors (Lipinski definition) is 1. The van der Waals surface area contributed by atoms with E-state index in [4.69, 9.17) is 0 Å². The zero-order valence-corrected chi connectivity index (χ0v) is 10.9. The van der Waals surface area contributed by atoms with Crippen LogP contribution in [0.15, 0.2) is 16.6 Å². The number of Topliss-reactive ketones (excluding diaryl/α,β-unsaturated/α-hetero) is 1. The third-order valence-corrected chi connectivity index (χ3v) is 4.56. The number of hydrogen-bond acceptors (Lipinski definition) is 2. The molecular weight excluding hydrogens is 303 g/mol. The van der Waals surface area contributed by atoms with E-state index in [-0.39, 0.29) is 22.1 Å². The fourth-order valence-corrected chi connectivity index (χ4v) is 3.29. The quantitative estimate of drug-likeness (QED) is 0.811. The van der Waals surface area contributed by atoms with Crippen LogP contribution in [0.4, 0.5) is 4.39 Å². The maximum atomic E-state index is 13.6. The molecule has 18 heavy (non-hydrogen) atoms. The second-order valence-corrected chi connectivity index (χ2v) is 5.79. The number of rotatable bonds is 1. The van der Waals surface area contributed by atoms with Crippen molar-refractivity contribution in [3.8, 4) is 0 Å². The molecule has 0 aliphatic heterocycles. The number of halogens is 2. The first kappa shape index (κ1) is 11.8. The van der Waals surface area contributed by atoms with Crippen molar-refractivity contribution < 1.29 is 19.1 Å². The Morgan fingerprint density at radius 3 is 2.56 bits per heavy atom. The molecule has 1 N–H and O–H groups in total. The predicted octanol–water partition coefficient (Wildman–Crippen LogP) is 2.83. The summed E-state index contributed by atoms with van der Waals surface area (Å²) in [5, 5.41) is 9.25. The van der Waals surface area contributed by atoms with E-state index in [1.54, 1.807) is 0 Å². The van der Waals surface area contributed by atoms with Crippen molar-refractivity contribution in [3.63, 3.8) is 0 Å². The van der Waals surface area contributed by atoms with Crippen molar-refractivity contribution in [1.82, 2.24) is 0 Å². The van der Waals surface area contributed by atoms with Gasteiger partial charge in [0.25, 0.3) is 0 Å². The smallest absolute Gasteiger partial charge is 0.318 e. The topological polar surface area (TPSA) is 54.4 Å². The summed E-state index contributed by atoms with van der Waals surface area (Å²) in [7, 11) is 0. The lowest BCUT2D eigenvalue weighted by Crippen LogP contribution is -2.31. The highest BCUT2D eigenvalue weighted by molar-refractivity contribution is 9.10. The Morgan fingerprint density at radius 2 is 1.94 bits per heavy atom. The van der Waals surface area contributed by atoms with Gasteiger partial charge in [0, 0.05) is 5.92 Å². The van der Waals surface area contributed by atoms with Gasteiger partial charge >= 0.3 is 5.97 Å². The summed E-state index contributed by atoms with van der Waals surface area (Å²) in [6.07, 6.45) is 1.30. The zero-order valence-electron chi connectivity index (χ0n) is 9.32. The number of ketones is 1. The summed E-state index contributed by atoms with van der Waals surface area (Å²) in [5.41, 5.74) is 1.14. The van der Waals surface area contributed by atoms with Gasteiger partial charge in [0.2, 0.25) is 0 Å². The molecule has 3 aliphatic carbocycles. The van der Waals surface area contributed by atoms with Gasteiger partial charge in [-0.05, 0) is 57.9 Å². The monoisotopic (exact) mass is 312 g/mol. The molecule has 1 aromatic rings.